The van der Waals surface area contributed by atoms with Gasteiger partial charge in [-0.15, -0.1) is 0 Å². The average molecular weight is 271 g/mol. The van der Waals surface area contributed by atoms with E-state index in [1.54, 1.807) is 0 Å². The molecule has 1 fully saturated rings. The summed E-state index contributed by atoms with van der Waals surface area (Å²) in [5.74, 6) is 0. The molecular formula is C16H21N3O. The van der Waals surface area contributed by atoms with Gasteiger partial charge in [0.05, 0.1) is 17.5 Å². The van der Waals surface area contributed by atoms with E-state index in [9.17, 15) is 0 Å². The summed E-state index contributed by atoms with van der Waals surface area (Å²) in [6, 6.07) is 10.9. The Morgan fingerprint density at radius 3 is 2.90 bits per heavy atom. The van der Waals surface area contributed by atoms with Crippen LogP contribution in [0.25, 0.3) is 5.69 Å². The molecule has 1 aromatic heterocycles. The smallest absolute Gasteiger partial charge is 0.0700 e. The molecule has 2 aromatic rings. The number of rotatable bonds is 4. The molecular weight excluding hydrogens is 250 g/mol. The first-order valence-corrected chi connectivity index (χ1v) is 7.19. The first kappa shape index (κ1) is 13.3. The number of aromatic nitrogens is 2. The molecule has 1 saturated heterocycles. The maximum Gasteiger partial charge on any atom is 0.0700 e. The van der Waals surface area contributed by atoms with Crippen LogP contribution in [0, 0.1) is 6.92 Å². The third-order valence-corrected chi connectivity index (χ3v) is 3.89. The van der Waals surface area contributed by atoms with Crippen molar-refractivity contribution >= 4 is 0 Å². The highest BCUT2D eigenvalue weighted by molar-refractivity contribution is 5.40. The average Bonchev–Trinajstić information content (AvgIpc) is 3.06. The molecule has 0 aliphatic carbocycles. The minimum Gasteiger partial charge on any atom is -0.377 e. The first-order valence-electron chi connectivity index (χ1n) is 7.19. The van der Waals surface area contributed by atoms with E-state index in [4.69, 9.17) is 4.74 Å². The Morgan fingerprint density at radius 2 is 2.20 bits per heavy atom. The van der Waals surface area contributed by atoms with Crippen LogP contribution >= 0.6 is 0 Å². The second-order valence-electron chi connectivity index (χ2n) is 5.38. The van der Waals surface area contributed by atoms with Gasteiger partial charge in [0, 0.05) is 25.4 Å². The number of nitrogens with one attached hydrogen (secondary N) is 1. The van der Waals surface area contributed by atoms with Crippen LogP contribution in [-0.2, 0) is 11.3 Å². The van der Waals surface area contributed by atoms with Gasteiger partial charge in [-0.2, -0.15) is 5.10 Å². The summed E-state index contributed by atoms with van der Waals surface area (Å²) in [6.45, 7) is 5.84. The van der Waals surface area contributed by atoms with Gasteiger partial charge < -0.3 is 10.1 Å². The molecule has 0 unspecified atom stereocenters. The van der Waals surface area contributed by atoms with Crippen LogP contribution in [0.5, 0.6) is 0 Å². The lowest BCUT2D eigenvalue weighted by Gasteiger charge is -2.17. The number of hydrogen-bond donors (Lipinski definition) is 1. The molecule has 4 nitrogen and oxygen atoms in total. The van der Waals surface area contributed by atoms with Crippen LogP contribution in [0.15, 0.2) is 36.5 Å². The summed E-state index contributed by atoms with van der Waals surface area (Å²) >= 11 is 0. The maximum atomic E-state index is 5.59. The lowest BCUT2D eigenvalue weighted by Crippen LogP contribution is -2.34. The second kappa shape index (κ2) is 5.77. The summed E-state index contributed by atoms with van der Waals surface area (Å²) in [6.07, 6.45) is 3.40. The summed E-state index contributed by atoms with van der Waals surface area (Å²) in [4.78, 5) is 0. The zero-order chi connectivity index (χ0) is 13.9. The van der Waals surface area contributed by atoms with Gasteiger partial charge in [0.15, 0.2) is 0 Å². The zero-order valence-corrected chi connectivity index (χ0v) is 12.0. The quantitative estimate of drug-likeness (QED) is 0.928. The second-order valence-corrected chi connectivity index (χ2v) is 5.38. The van der Waals surface area contributed by atoms with Crippen molar-refractivity contribution in [3.8, 4) is 5.69 Å². The fourth-order valence-electron chi connectivity index (χ4n) is 2.67. The number of nitrogens with zero attached hydrogens (tertiary/aromatic N) is 2. The molecule has 3 rings (SSSR count). The van der Waals surface area contributed by atoms with Gasteiger partial charge in [-0.3, -0.25) is 0 Å². The SMILES string of the molecule is Cc1ccn(-c2ccccc2CN[C@H]2CCO[C@H]2C)n1. The lowest BCUT2D eigenvalue weighted by atomic mass is 10.1. The van der Waals surface area contributed by atoms with E-state index in [-0.39, 0.29) is 0 Å². The van der Waals surface area contributed by atoms with Crippen molar-refractivity contribution in [2.75, 3.05) is 6.61 Å². The van der Waals surface area contributed by atoms with Crippen LogP contribution in [-0.4, -0.2) is 28.5 Å². The fraction of sp³-hybridized carbons (Fsp3) is 0.438. The van der Waals surface area contributed by atoms with Crippen molar-refractivity contribution in [3.63, 3.8) is 0 Å². The van der Waals surface area contributed by atoms with E-state index < -0.39 is 0 Å². The summed E-state index contributed by atoms with van der Waals surface area (Å²) < 4.78 is 7.54. The van der Waals surface area contributed by atoms with E-state index in [1.807, 2.05) is 23.9 Å². The predicted molar refractivity (Wildman–Crippen MR) is 79.0 cm³/mol. The van der Waals surface area contributed by atoms with E-state index in [1.165, 1.54) is 5.56 Å². The van der Waals surface area contributed by atoms with Gasteiger partial charge in [-0.1, -0.05) is 18.2 Å². The molecule has 4 heteroatoms. The molecule has 20 heavy (non-hydrogen) atoms. The monoisotopic (exact) mass is 271 g/mol. The molecule has 0 bridgehead atoms. The predicted octanol–water partition coefficient (Wildman–Crippen LogP) is 2.45. The topological polar surface area (TPSA) is 39.1 Å². The van der Waals surface area contributed by atoms with Gasteiger partial charge in [0.1, 0.15) is 0 Å². The largest absolute Gasteiger partial charge is 0.377 e. The Balaban J connectivity index is 1.76. The standard InChI is InChI=1S/C16H21N3O/c1-12-7-9-19(18-12)16-6-4-3-5-14(16)11-17-15-8-10-20-13(15)2/h3-7,9,13,15,17H,8,10-11H2,1-2H3/t13-,15-/m0/s1. The number of ether oxygens (including phenoxy) is 1. The van der Waals surface area contributed by atoms with Gasteiger partial charge >= 0.3 is 0 Å². The van der Waals surface area contributed by atoms with Crippen molar-refractivity contribution < 1.29 is 4.74 Å². The fourth-order valence-corrected chi connectivity index (χ4v) is 2.67. The van der Waals surface area contributed by atoms with Gasteiger partial charge in [-0.05, 0) is 38.0 Å². The molecule has 0 spiro atoms. The zero-order valence-electron chi connectivity index (χ0n) is 12.0. The highest BCUT2D eigenvalue weighted by Gasteiger charge is 2.23. The third-order valence-electron chi connectivity index (χ3n) is 3.89. The van der Waals surface area contributed by atoms with E-state index >= 15 is 0 Å². The Hall–Kier alpha value is -1.65. The number of para-hydroxylation sites is 1. The third kappa shape index (κ3) is 2.76. The highest BCUT2D eigenvalue weighted by atomic mass is 16.5. The number of benzene rings is 1. The van der Waals surface area contributed by atoms with Crippen LogP contribution in [0.1, 0.15) is 24.6 Å². The first-order chi connectivity index (χ1) is 9.74. The van der Waals surface area contributed by atoms with Crippen LogP contribution in [0.4, 0.5) is 0 Å². The van der Waals surface area contributed by atoms with Crippen LogP contribution in [0.2, 0.25) is 0 Å². The molecule has 0 amide bonds. The van der Waals surface area contributed by atoms with Crippen molar-refractivity contribution in [1.82, 2.24) is 15.1 Å². The van der Waals surface area contributed by atoms with Crippen LogP contribution in [0.3, 0.4) is 0 Å². The number of aryl methyl sites for hydroxylation is 1. The van der Waals surface area contributed by atoms with Crippen LogP contribution < -0.4 is 5.32 Å². The van der Waals surface area contributed by atoms with Gasteiger partial charge in [0.25, 0.3) is 0 Å². The van der Waals surface area contributed by atoms with Gasteiger partial charge in [-0.25, -0.2) is 4.68 Å². The molecule has 1 aliphatic heterocycles. The minimum atomic E-state index is 0.300. The normalized spacial score (nSPS) is 22.3. The molecule has 0 radical (unpaired) electrons. The molecule has 106 valence electrons. The van der Waals surface area contributed by atoms with E-state index in [0.29, 0.717) is 12.1 Å². The lowest BCUT2D eigenvalue weighted by molar-refractivity contribution is 0.113. The molecule has 1 aliphatic rings. The van der Waals surface area contributed by atoms with E-state index in [2.05, 4.69) is 41.6 Å². The number of hydrogen-bond acceptors (Lipinski definition) is 3. The molecule has 2 atom stereocenters. The Morgan fingerprint density at radius 1 is 1.35 bits per heavy atom. The Labute approximate surface area is 119 Å². The summed E-state index contributed by atoms with van der Waals surface area (Å²) in [5, 5.41) is 8.10. The minimum absolute atomic E-state index is 0.300. The van der Waals surface area contributed by atoms with Crippen molar-refractivity contribution in [2.45, 2.75) is 39.0 Å². The van der Waals surface area contributed by atoms with Crippen molar-refractivity contribution in [2.24, 2.45) is 0 Å². The Bertz CT molecular complexity index is 579. The molecule has 2 heterocycles. The Kier molecular flexibility index (Phi) is 3.85. The van der Waals surface area contributed by atoms with Crippen molar-refractivity contribution in [1.29, 1.82) is 0 Å². The molecule has 1 aromatic carbocycles. The summed E-state index contributed by atoms with van der Waals surface area (Å²) in [7, 11) is 0. The molecule has 1 N–H and O–H groups in total. The van der Waals surface area contributed by atoms with Gasteiger partial charge in [0.2, 0.25) is 0 Å². The van der Waals surface area contributed by atoms with Crippen molar-refractivity contribution in [3.05, 3.63) is 47.8 Å². The molecule has 0 saturated carbocycles. The summed E-state index contributed by atoms with van der Waals surface area (Å²) in [5.41, 5.74) is 3.43. The highest BCUT2D eigenvalue weighted by Crippen LogP contribution is 2.17. The van der Waals surface area contributed by atoms with E-state index in [0.717, 1.165) is 31.0 Å². The maximum absolute atomic E-state index is 5.59.